The Labute approximate surface area is 200 Å². The molecule has 5 aromatic rings. The van der Waals surface area contributed by atoms with Gasteiger partial charge in [-0.2, -0.15) is 5.10 Å². The van der Waals surface area contributed by atoms with E-state index in [9.17, 15) is 9.59 Å². The van der Waals surface area contributed by atoms with E-state index in [4.69, 9.17) is 9.40 Å². The van der Waals surface area contributed by atoms with Gasteiger partial charge in [-0.25, -0.2) is 9.67 Å². The summed E-state index contributed by atoms with van der Waals surface area (Å²) in [6.07, 6.45) is 1.69. The number of nitrogens with one attached hydrogen (secondary N) is 1. The molecule has 0 bridgehead atoms. The number of nitrogens with zero attached hydrogens (tertiary/aromatic N) is 5. The number of anilines is 1. The second-order valence-electron chi connectivity index (χ2n) is 8.82. The molecular formula is C26H24N6O3. The molecule has 0 radical (unpaired) electrons. The maximum absolute atomic E-state index is 12.8. The minimum atomic E-state index is -0.317. The van der Waals surface area contributed by atoms with Crippen LogP contribution in [0.2, 0.25) is 0 Å². The lowest BCUT2D eigenvalue weighted by Crippen LogP contribution is -2.33. The van der Waals surface area contributed by atoms with Crippen molar-refractivity contribution < 1.29 is 9.21 Å². The molecule has 9 heteroatoms. The molecule has 0 saturated carbocycles. The van der Waals surface area contributed by atoms with Crippen molar-refractivity contribution in [2.24, 2.45) is 0 Å². The van der Waals surface area contributed by atoms with Crippen LogP contribution < -0.4 is 10.9 Å². The summed E-state index contributed by atoms with van der Waals surface area (Å²) in [6.45, 7) is 4.90. The second-order valence-corrected chi connectivity index (χ2v) is 8.82. The Hall–Kier alpha value is -4.24. The van der Waals surface area contributed by atoms with Gasteiger partial charge in [-0.15, -0.1) is 0 Å². The minimum absolute atomic E-state index is 0.163. The van der Waals surface area contributed by atoms with Crippen LogP contribution in [0.15, 0.2) is 70.1 Å². The van der Waals surface area contributed by atoms with Crippen LogP contribution in [0.5, 0.6) is 0 Å². The summed E-state index contributed by atoms with van der Waals surface area (Å²) >= 11 is 0. The van der Waals surface area contributed by atoms with E-state index in [1.807, 2.05) is 55.5 Å². The summed E-state index contributed by atoms with van der Waals surface area (Å²) in [5.74, 6) is 1.61. The first-order valence-corrected chi connectivity index (χ1v) is 11.6. The molecule has 4 heterocycles. The Kier molecular flexibility index (Phi) is 5.18. The van der Waals surface area contributed by atoms with Crippen molar-refractivity contribution in [3.8, 4) is 0 Å². The van der Waals surface area contributed by atoms with Gasteiger partial charge in [0, 0.05) is 24.2 Å². The van der Waals surface area contributed by atoms with Crippen molar-refractivity contribution in [3.05, 3.63) is 88.5 Å². The van der Waals surface area contributed by atoms with Gasteiger partial charge in [0.05, 0.1) is 41.5 Å². The lowest BCUT2D eigenvalue weighted by molar-refractivity contribution is -0.117. The predicted molar refractivity (Wildman–Crippen MR) is 132 cm³/mol. The lowest BCUT2D eigenvalue weighted by atomic mass is 10.1. The number of aromatic nitrogens is 4. The van der Waals surface area contributed by atoms with Gasteiger partial charge in [-0.3, -0.25) is 14.5 Å². The van der Waals surface area contributed by atoms with Crippen molar-refractivity contribution in [1.29, 1.82) is 0 Å². The molecule has 2 aromatic carbocycles. The monoisotopic (exact) mass is 468 g/mol. The Bertz CT molecular complexity index is 1620. The second kappa shape index (κ2) is 8.52. The molecule has 0 saturated heterocycles. The molecule has 0 aliphatic carbocycles. The number of amides is 1. The molecule has 3 aromatic heterocycles. The van der Waals surface area contributed by atoms with Crippen molar-refractivity contribution in [2.45, 2.75) is 33.1 Å². The Morgan fingerprint density at radius 1 is 1.09 bits per heavy atom. The van der Waals surface area contributed by atoms with Gasteiger partial charge < -0.3 is 14.3 Å². The van der Waals surface area contributed by atoms with Crippen LogP contribution in [0.1, 0.15) is 17.3 Å². The molecule has 0 atom stereocenters. The smallest absolute Gasteiger partial charge is 0.275 e. The number of imidazole rings is 1. The fourth-order valence-electron chi connectivity index (χ4n) is 4.75. The first-order chi connectivity index (χ1) is 17.0. The molecule has 176 valence electrons. The van der Waals surface area contributed by atoms with Gasteiger partial charge in [-0.05, 0) is 43.3 Å². The molecule has 35 heavy (non-hydrogen) atoms. The summed E-state index contributed by atoms with van der Waals surface area (Å²) in [5.41, 5.74) is 2.93. The lowest BCUT2D eigenvalue weighted by Gasteiger charge is -2.26. The zero-order valence-corrected chi connectivity index (χ0v) is 19.3. The van der Waals surface area contributed by atoms with E-state index in [-0.39, 0.29) is 18.0 Å². The first-order valence-electron chi connectivity index (χ1n) is 11.6. The summed E-state index contributed by atoms with van der Waals surface area (Å²) in [6, 6.07) is 16.9. The molecule has 6 rings (SSSR count). The molecule has 0 unspecified atom stereocenters. The zero-order valence-electron chi connectivity index (χ0n) is 19.3. The number of hydrogen-bond donors (Lipinski definition) is 1. The number of hydrogen-bond acceptors (Lipinski definition) is 6. The van der Waals surface area contributed by atoms with Gasteiger partial charge in [-0.1, -0.05) is 18.2 Å². The first kappa shape index (κ1) is 21.3. The van der Waals surface area contributed by atoms with Crippen LogP contribution in [0.25, 0.3) is 21.8 Å². The highest BCUT2D eigenvalue weighted by atomic mass is 16.3. The van der Waals surface area contributed by atoms with Crippen molar-refractivity contribution in [1.82, 2.24) is 24.2 Å². The highest BCUT2D eigenvalue weighted by Crippen LogP contribution is 2.24. The van der Waals surface area contributed by atoms with Crippen molar-refractivity contribution >= 4 is 33.4 Å². The zero-order chi connectivity index (χ0) is 23.9. The van der Waals surface area contributed by atoms with E-state index in [0.29, 0.717) is 16.8 Å². The predicted octanol–water partition coefficient (Wildman–Crippen LogP) is 3.30. The van der Waals surface area contributed by atoms with Crippen LogP contribution in [0.4, 0.5) is 5.69 Å². The Morgan fingerprint density at radius 2 is 1.94 bits per heavy atom. The summed E-state index contributed by atoms with van der Waals surface area (Å²) < 4.78 is 8.92. The van der Waals surface area contributed by atoms with Crippen LogP contribution in [-0.4, -0.2) is 36.7 Å². The summed E-state index contributed by atoms with van der Waals surface area (Å²) in [5, 5.41) is 8.56. The van der Waals surface area contributed by atoms with E-state index in [1.165, 1.54) is 4.68 Å². The van der Waals surface area contributed by atoms with Crippen LogP contribution in [0.3, 0.4) is 0 Å². The van der Waals surface area contributed by atoms with E-state index < -0.39 is 0 Å². The van der Waals surface area contributed by atoms with Gasteiger partial charge in [0.1, 0.15) is 18.1 Å². The van der Waals surface area contributed by atoms with Gasteiger partial charge in [0.15, 0.2) is 0 Å². The number of rotatable bonds is 5. The van der Waals surface area contributed by atoms with E-state index in [1.54, 1.807) is 12.3 Å². The van der Waals surface area contributed by atoms with Gasteiger partial charge >= 0.3 is 0 Å². The fourth-order valence-corrected chi connectivity index (χ4v) is 4.75. The molecule has 1 aliphatic heterocycles. The molecular weight excluding hydrogens is 444 g/mol. The number of carbonyl (C=O) groups excluding carboxylic acids is 1. The van der Waals surface area contributed by atoms with Gasteiger partial charge in [0.25, 0.3) is 5.56 Å². The standard InChI is InChI=1S/C26H24N6O3/c1-17-20-6-2-3-7-21(20)26(34)32(29-17)16-25(33)27-18-8-9-23-22(13-18)28-24-15-30(10-11-31(23)24)14-19-5-4-12-35-19/h2-9,12-13H,10-11,14-16H2,1H3,(H,27,33). The summed E-state index contributed by atoms with van der Waals surface area (Å²) in [7, 11) is 0. The maximum Gasteiger partial charge on any atom is 0.275 e. The molecule has 1 amide bonds. The van der Waals surface area contributed by atoms with Crippen LogP contribution in [0, 0.1) is 6.92 Å². The number of fused-ring (bicyclic) bond motifs is 4. The van der Waals surface area contributed by atoms with Crippen molar-refractivity contribution in [2.75, 3.05) is 11.9 Å². The third-order valence-electron chi connectivity index (χ3n) is 6.42. The minimum Gasteiger partial charge on any atom is -0.468 e. The third-order valence-corrected chi connectivity index (χ3v) is 6.42. The quantitative estimate of drug-likeness (QED) is 0.425. The normalized spacial score (nSPS) is 13.9. The SMILES string of the molecule is Cc1nn(CC(=O)Nc2ccc3c(c2)nc2n3CCN(Cc3ccco3)C2)c(=O)c2ccccc12. The maximum atomic E-state index is 12.8. The Morgan fingerprint density at radius 3 is 2.77 bits per heavy atom. The van der Waals surface area contributed by atoms with Crippen LogP contribution >= 0.6 is 0 Å². The van der Waals surface area contributed by atoms with E-state index >= 15 is 0 Å². The Balaban J connectivity index is 1.19. The highest BCUT2D eigenvalue weighted by Gasteiger charge is 2.21. The molecule has 0 spiro atoms. The van der Waals surface area contributed by atoms with E-state index in [0.717, 1.165) is 54.2 Å². The number of furan rings is 1. The third kappa shape index (κ3) is 4.00. The number of benzene rings is 2. The molecule has 1 aliphatic rings. The average molecular weight is 469 g/mol. The highest BCUT2D eigenvalue weighted by molar-refractivity contribution is 5.93. The number of aryl methyl sites for hydroxylation is 1. The topological polar surface area (TPSA) is 98.2 Å². The average Bonchev–Trinajstić information content (AvgIpc) is 3.49. The molecule has 1 N–H and O–H groups in total. The van der Waals surface area contributed by atoms with Crippen LogP contribution in [-0.2, 0) is 31.0 Å². The fraction of sp³-hybridized carbons (Fsp3) is 0.231. The summed E-state index contributed by atoms with van der Waals surface area (Å²) in [4.78, 5) is 32.7. The van der Waals surface area contributed by atoms with Crippen molar-refractivity contribution in [3.63, 3.8) is 0 Å². The molecule has 0 fully saturated rings. The van der Waals surface area contributed by atoms with E-state index in [2.05, 4.69) is 19.9 Å². The number of carbonyl (C=O) groups is 1. The largest absolute Gasteiger partial charge is 0.468 e. The molecule has 9 nitrogen and oxygen atoms in total. The van der Waals surface area contributed by atoms with Gasteiger partial charge in [0.2, 0.25) is 5.91 Å².